The Bertz CT molecular complexity index is 377. The Morgan fingerprint density at radius 2 is 2.25 bits per heavy atom. The van der Waals surface area contributed by atoms with Gasteiger partial charge in [0.15, 0.2) is 0 Å². The van der Waals surface area contributed by atoms with Gasteiger partial charge in [-0.05, 0) is 32.0 Å². The Balaban J connectivity index is 1.82. The van der Waals surface area contributed by atoms with Crippen LogP contribution in [0.25, 0.3) is 0 Å². The van der Waals surface area contributed by atoms with Gasteiger partial charge < -0.3 is 10.2 Å². The van der Waals surface area contributed by atoms with E-state index in [1.165, 1.54) is 25.9 Å². The number of anilines is 1. The molecule has 1 aromatic heterocycles. The fourth-order valence-corrected chi connectivity index (χ4v) is 1.99. The quantitative estimate of drug-likeness (QED) is 0.828. The van der Waals surface area contributed by atoms with Gasteiger partial charge in [0.1, 0.15) is 6.07 Å². The number of nitrogens with one attached hydrogen (secondary N) is 1. The molecule has 1 aromatic rings. The Morgan fingerprint density at radius 1 is 1.44 bits per heavy atom. The van der Waals surface area contributed by atoms with E-state index in [2.05, 4.69) is 21.3 Å². The molecule has 0 bridgehead atoms. The predicted octanol–water partition coefficient (Wildman–Crippen LogP) is 1.46. The van der Waals surface area contributed by atoms with Crippen LogP contribution in [0.4, 0.5) is 5.69 Å². The van der Waals surface area contributed by atoms with Crippen LogP contribution in [0.2, 0.25) is 0 Å². The molecule has 1 aliphatic heterocycles. The van der Waals surface area contributed by atoms with Crippen molar-refractivity contribution < 1.29 is 0 Å². The van der Waals surface area contributed by atoms with E-state index in [-0.39, 0.29) is 0 Å². The number of pyridine rings is 1. The zero-order valence-corrected chi connectivity index (χ0v) is 9.32. The second-order valence-corrected chi connectivity index (χ2v) is 4.01. The molecule has 0 aliphatic carbocycles. The van der Waals surface area contributed by atoms with Crippen LogP contribution in [0.15, 0.2) is 18.5 Å². The Kier molecular flexibility index (Phi) is 3.73. The first-order valence-corrected chi connectivity index (χ1v) is 5.70. The van der Waals surface area contributed by atoms with Gasteiger partial charge in [0, 0.05) is 19.3 Å². The molecule has 1 saturated heterocycles. The first kappa shape index (κ1) is 10.9. The number of rotatable bonds is 4. The first-order chi connectivity index (χ1) is 7.90. The highest BCUT2D eigenvalue weighted by molar-refractivity contribution is 5.55. The molecule has 0 aromatic carbocycles. The zero-order valence-electron chi connectivity index (χ0n) is 9.32. The van der Waals surface area contributed by atoms with Crippen LogP contribution in [-0.4, -0.2) is 36.1 Å². The van der Waals surface area contributed by atoms with Crippen LogP contribution in [0.3, 0.4) is 0 Å². The molecule has 0 radical (unpaired) electrons. The number of aromatic nitrogens is 1. The number of hydrogen-bond donors (Lipinski definition) is 1. The monoisotopic (exact) mass is 216 g/mol. The van der Waals surface area contributed by atoms with Gasteiger partial charge in [0.05, 0.1) is 17.4 Å². The van der Waals surface area contributed by atoms with Crippen LogP contribution in [0.1, 0.15) is 18.4 Å². The minimum Gasteiger partial charge on any atom is -0.381 e. The minimum atomic E-state index is 0.663. The Morgan fingerprint density at radius 3 is 3.00 bits per heavy atom. The van der Waals surface area contributed by atoms with Crippen molar-refractivity contribution in [3.8, 4) is 6.07 Å². The molecule has 2 rings (SSSR count). The van der Waals surface area contributed by atoms with Crippen LogP contribution in [0.5, 0.6) is 0 Å². The van der Waals surface area contributed by atoms with Crippen molar-refractivity contribution in [3.63, 3.8) is 0 Å². The number of likely N-dealkylation sites (tertiary alicyclic amines) is 1. The molecular weight excluding hydrogens is 200 g/mol. The molecule has 16 heavy (non-hydrogen) atoms. The van der Waals surface area contributed by atoms with Gasteiger partial charge in [0.2, 0.25) is 0 Å². The van der Waals surface area contributed by atoms with Crippen molar-refractivity contribution in [2.24, 2.45) is 0 Å². The highest BCUT2D eigenvalue weighted by Gasteiger charge is 2.10. The Hall–Kier alpha value is -1.60. The summed E-state index contributed by atoms with van der Waals surface area (Å²) in [6.45, 7) is 4.33. The van der Waals surface area contributed by atoms with E-state index in [4.69, 9.17) is 5.26 Å². The topological polar surface area (TPSA) is 52.0 Å². The van der Waals surface area contributed by atoms with Gasteiger partial charge in [-0.15, -0.1) is 0 Å². The summed E-state index contributed by atoms with van der Waals surface area (Å²) in [4.78, 5) is 6.46. The summed E-state index contributed by atoms with van der Waals surface area (Å²) in [5.41, 5.74) is 1.50. The molecule has 0 amide bonds. The van der Waals surface area contributed by atoms with Crippen LogP contribution in [-0.2, 0) is 0 Å². The predicted molar refractivity (Wildman–Crippen MR) is 63.1 cm³/mol. The second-order valence-electron chi connectivity index (χ2n) is 4.01. The lowest BCUT2D eigenvalue weighted by Crippen LogP contribution is -2.26. The van der Waals surface area contributed by atoms with E-state index in [1.807, 2.05) is 0 Å². The van der Waals surface area contributed by atoms with Crippen LogP contribution < -0.4 is 5.32 Å². The molecule has 0 unspecified atom stereocenters. The molecule has 4 nitrogen and oxygen atoms in total. The Labute approximate surface area is 95.9 Å². The van der Waals surface area contributed by atoms with Crippen LogP contribution >= 0.6 is 0 Å². The third kappa shape index (κ3) is 2.71. The molecule has 1 fully saturated rings. The highest BCUT2D eigenvalue weighted by Crippen LogP contribution is 2.12. The van der Waals surface area contributed by atoms with E-state index in [0.29, 0.717) is 5.56 Å². The maximum Gasteiger partial charge on any atom is 0.101 e. The van der Waals surface area contributed by atoms with Gasteiger partial charge in [-0.25, -0.2) is 0 Å². The van der Waals surface area contributed by atoms with Crippen molar-refractivity contribution in [1.82, 2.24) is 9.88 Å². The number of hydrogen-bond acceptors (Lipinski definition) is 4. The molecular formula is C12H16N4. The standard InChI is InChI=1S/C12H16N4/c13-9-11-3-4-14-10-12(11)15-5-8-16-6-1-2-7-16/h3-4,10,15H,1-2,5-8H2. The normalized spacial score (nSPS) is 15.9. The highest BCUT2D eigenvalue weighted by atomic mass is 15.1. The number of nitrogens with zero attached hydrogens (tertiary/aromatic N) is 3. The summed E-state index contributed by atoms with van der Waals surface area (Å²) in [6, 6.07) is 3.89. The van der Waals surface area contributed by atoms with Crippen molar-refractivity contribution in [2.75, 3.05) is 31.5 Å². The van der Waals surface area contributed by atoms with Crippen molar-refractivity contribution in [2.45, 2.75) is 12.8 Å². The summed E-state index contributed by atoms with van der Waals surface area (Å²) >= 11 is 0. The van der Waals surface area contributed by atoms with E-state index in [0.717, 1.165) is 18.8 Å². The largest absolute Gasteiger partial charge is 0.381 e. The lowest BCUT2D eigenvalue weighted by atomic mass is 10.2. The lowest BCUT2D eigenvalue weighted by Gasteiger charge is -2.15. The van der Waals surface area contributed by atoms with Gasteiger partial charge in [-0.1, -0.05) is 0 Å². The van der Waals surface area contributed by atoms with E-state index in [1.54, 1.807) is 18.5 Å². The maximum atomic E-state index is 8.90. The molecule has 4 heteroatoms. The number of nitriles is 1. The van der Waals surface area contributed by atoms with Gasteiger partial charge in [0.25, 0.3) is 0 Å². The van der Waals surface area contributed by atoms with Crippen molar-refractivity contribution in [1.29, 1.82) is 5.26 Å². The third-order valence-electron chi connectivity index (χ3n) is 2.88. The summed E-state index contributed by atoms with van der Waals surface area (Å²) < 4.78 is 0. The second kappa shape index (κ2) is 5.47. The summed E-state index contributed by atoms with van der Waals surface area (Å²) in [5.74, 6) is 0. The fourth-order valence-electron chi connectivity index (χ4n) is 1.99. The van der Waals surface area contributed by atoms with E-state index >= 15 is 0 Å². The van der Waals surface area contributed by atoms with E-state index < -0.39 is 0 Å². The molecule has 84 valence electrons. The lowest BCUT2D eigenvalue weighted by molar-refractivity contribution is 0.352. The van der Waals surface area contributed by atoms with Crippen molar-refractivity contribution in [3.05, 3.63) is 24.0 Å². The first-order valence-electron chi connectivity index (χ1n) is 5.70. The summed E-state index contributed by atoms with van der Waals surface area (Å²) in [5, 5.41) is 12.2. The molecule has 1 aliphatic rings. The molecule has 0 saturated carbocycles. The summed E-state index contributed by atoms with van der Waals surface area (Å²) in [7, 11) is 0. The average Bonchev–Trinajstić information content (AvgIpc) is 2.83. The fraction of sp³-hybridized carbons (Fsp3) is 0.500. The summed E-state index contributed by atoms with van der Waals surface area (Å²) in [6.07, 6.45) is 5.99. The smallest absolute Gasteiger partial charge is 0.101 e. The van der Waals surface area contributed by atoms with Gasteiger partial charge in [-0.3, -0.25) is 4.98 Å². The molecule has 0 atom stereocenters. The molecule has 0 spiro atoms. The average molecular weight is 216 g/mol. The van der Waals surface area contributed by atoms with Crippen molar-refractivity contribution >= 4 is 5.69 Å². The third-order valence-corrected chi connectivity index (χ3v) is 2.88. The van der Waals surface area contributed by atoms with Crippen LogP contribution in [0, 0.1) is 11.3 Å². The SMILES string of the molecule is N#Cc1ccncc1NCCN1CCCC1. The van der Waals surface area contributed by atoms with Gasteiger partial charge in [-0.2, -0.15) is 5.26 Å². The molecule has 1 N–H and O–H groups in total. The van der Waals surface area contributed by atoms with Gasteiger partial charge >= 0.3 is 0 Å². The van der Waals surface area contributed by atoms with E-state index in [9.17, 15) is 0 Å². The maximum absolute atomic E-state index is 8.90. The minimum absolute atomic E-state index is 0.663. The molecule has 2 heterocycles. The zero-order chi connectivity index (χ0) is 11.2.